The lowest BCUT2D eigenvalue weighted by Gasteiger charge is -2.12. The van der Waals surface area contributed by atoms with Gasteiger partial charge in [-0.05, 0) is 41.0 Å². The zero-order chi connectivity index (χ0) is 12.3. The lowest BCUT2D eigenvalue weighted by Crippen LogP contribution is -2.07. The van der Waals surface area contributed by atoms with Crippen molar-refractivity contribution in [3.8, 4) is 11.1 Å². The zero-order valence-electron chi connectivity index (χ0n) is 10.1. The van der Waals surface area contributed by atoms with Gasteiger partial charge >= 0.3 is 0 Å². The average molecular weight is 226 g/mol. The van der Waals surface area contributed by atoms with E-state index >= 15 is 0 Å². The van der Waals surface area contributed by atoms with E-state index in [0.29, 0.717) is 0 Å². The fraction of sp³-hybridized carbons (Fsp3) is 0.200. The molecule has 1 radical (unpaired) electrons. The van der Waals surface area contributed by atoms with Gasteiger partial charge < -0.3 is 10.0 Å². The summed E-state index contributed by atoms with van der Waals surface area (Å²) in [6.45, 7) is 0.0669. The summed E-state index contributed by atoms with van der Waals surface area (Å²) in [5.41, 5.74) is 4.22. The zero-order valence-corrected chi connectivity index (χ0v) is 10.1. The Hall–Kier alpha value is -1.80. The summed E-state index contributed by atoms with van der Waals surface area (Å²) >= 11 is 0. The number of benzene rings is 2. The molecule has 0 aliphatic heterocycles. The van der Waals surface area contributed by atoms with Crippen LogP contribution in [0.25, 0.3) is 11.1 Å². The van der Waals surface area contributed by atoms with E-state index in [-0.39, 0.29) is 6.61 Å². The molecule has 1 N–H and O–H groups in total. The van der Waals surface area contributed by atoms with Gasteiger partial charge in [-0.3, -0.25) is 0 Å². The molecular formula is C15H16NO. The molecule has 2 nitrogen and oxygen atoms in total. The van der Waals surface area contributed by atoms with Crippen molar-refractivity contribution >= 4 is 5.69 Å². The number of aliphatic hydroxyl groups excluding tert-OH is 1. The maximum atomic E-state index is 9.11. The van der Waals surface area contributed by atoms with Crippen molar-refractivity contribution in [1.29, 1.82) is 0 Å². The lowest BCUT2D eigenvalue weighted by atomic mass is 10.0. The van der Waals surface area contributed by atoms with Crippen molar-refractivity contribution in [3.05, 3.63) is 54.1 Å². The van der Waals surface area contributed by atoms with E-state index in [1.165, 1.54) is 5.69 Å². The maximum absolute atomic E-state index is 9.11. The van der Waals surface area contributed by atoms with E-state index in [9.17, 15) is 0 Å². The summed E-state index contributed by atoms with van der Waals surface area (Å²) in [5, 5.41) is 9.11. The molecule has 0 aliphatic rings. The molecule has 2 aromatic carbocycles. The first-order chi connectivity index (χ1) is 8.20. The van der Waals surface area contributed by atoms with Crippen molar-refractivity contribution in [2.75, 3.05) is 19.0 Å². The van der Waals surface area contributed by atoms with Crippen LogP contribution in [0.1, 0.15) is 5.56 Å². The first-order valence-electron chi connectivity index (χ1n) is 5.60. The molecule has 87 valence electrons. The van der Waals surface area contributed by atoms with Crippen LogP contribution in [-0.2, 0) is 6.61 Å². The fourth-order valence-corrected chi connectivity index (χ4v) is 1.72. The SMILES string of the molecule is CN(C)c1ccc(-c2[c]ccc(CO)c2)cc1. The van der Waals surface area contributed by atoms with Gasteiger partial charge in [0.05, 0.1) is 6.61 Å². The molecule has 0 unspecified atom stereocenters. The molecule has 0 fully saturated rings. The Kier molecular flexibility index (Phi) is 3.45. The van der Waals surface area contributed by atoms with Gasteiger partial charge in [-0.15, -0.1) is 0 Å². The summed E-state index contributed by atoms with van der Waals surface area (Å²) in [6.07, 6.45) is 0. The third kappa shape index (κ3) is 2.66. The van der Waals surface area contributed by atoms with Gasteiger partial charge in [0.1, 0.15) is 0 Å². The molecule has 0 aromatic heterocycles. The standard InChI is InChI=1S/C15H16NO/c1-16(2)15-8-6-13(7-9-15)14-5-3-4-12(10-14)11-17/h3-4,6-10,17H,11H2,1-2H3. The van der Waals surface area contributed by atoms with Gasteiger partial charge in [-0.2, -0.15) is 0 Å². The number of anilines is 1. The predicted molar refractivity (Wildman–Crippen MR) is 71.0 cm³/mol. The highest BCUT2D eigenvalue weighted by Crippen LogP contribution is 2.22. The topological polar surface area (TPSA) is 23.5 Å². The molecule has 2 rings (SSSR count). The summed E-state index contributed by atoms with van der Waals surface area (Å²) in [6, 6.07) is 17.2. The van der Waals surface area contributed by atoms with Gasteiger partial charge in [0.2, 0.25) is 0 Å². The van der Waals surface area contributed by atoms with Crippen molar-refractivity contribution in [3.63, 3.8) is 0 Å². The molecule has 0 bridgehead atoms. The van der Waals surface area contributed by atoms with E-state index in [1.807, 2.05) is 32.3 Å². The van der Waals surface area contributed by atoms with Crippen LogP contribution in [0.4, 0.5) is 5.69 Å². The quantitative estimate of drug-likeness (QED) is 0.869. The minimum atomic E-state index is 0.0669. The Morgan fingerprint density at radius 2 is 1.82 bits per heavy atom. The highest BCUT2D eigenvalue weighted by molar-refractivity contribution is 5.66. The fourth-order valence-electron chi connectivity index (χ4n) is 1.72. The minimum Gasteiger partial charge on any atom is -0.392 e. The Morgan fingerprint density at radius 3 is 2.41 bits per heavy atom. The van der Waals surface area contributed by atoms with Crippen molar-refractivity contribution < 1.29 is 5.11 Å². The number of hydrogen-bond acceptors (Lipinski definition) is 2. The van der Waals surface area contributed by atoms with Crippen molar-refractivity contribution in [1.82, 2.24) is 0 Å². The summed E-state index contributed by atoms with van der Waals surface area (Å²) in [4.78, 5) is 2.07. The molecule has 0 spiro atoms. The normalized spacial score (nSPS) is 10.3. The van der Waals surface area contributed by atoms with Gasteiger partial charge in [-0.1, -0.05) is 24.3 Å². The van der Waals surface area contributed by atoms with Gasteiger partial charge in [0.25, 0.3) is 0 Å². The highest BCUT2D eigenvalue weighted by Gasteiger charge is 2.00. The van der Waals surface area contributed by atoms with Crippen LogP contribution in [0.15, 0.2) is 42.5 Å². The van der Waals surface area contributed by atoms with Crippen LogP contribution in [0.5, 0.6) is 0 Å². The summed E-state index contributed by atoms with van der Waals surface area (Å²) < 4.78 is 0. The molecular weight excluding hydrogens is 210 g/mol. The molecule has 0 saturated heterocycles. The molecule has 17 heavy (non-hydrogen) atoms. The number of rotatable bonds is 3. The first-order valence-corrected chi connectivity index (χ1v) is 5.60. The molecule has 0 amide bonds. The second-order valence-electron chi connectivity index (χ2n) is 4.21. The minimum absolute atomic E-state index is 0.0669. The highest BCUT2D eigenvalue weighted by atomic mass is 16.3. The number of nitrogens with zero attached hydrogens (tertiary/aromatic N) is 1. The van der Waals surface area contributed by atoms with Crippen LogP contribution >= 0.6 is 0 Å². The third-order valence-electron chi connectivity index (χ3n) is 2.74. The Labute approximate surface area is 102 Å². The predicted octanol–water partition coefficient (Wildman–Crippen LogP) is 2.71. The maximum Gasteiger partial charge on any atom is 0.0682 e. The second kappa shape index (κ2) is 5.02. The molecule has 0 heterocycles. The average Bonchev–Trinajstić information content (AvgIpc) is 2.39. The lowest BCUT2D eigenvalue weighted by molar-refractivity contribution is 0.282. The second-order valence-corrected chi connectivity index (χ2v) is 4.21. The van der Waals surface area contributed by atoms with Crippen LogP contribution in [0, 0.1) is 6.07 Å². The molecule has 0 aliphatic carbocycles. The Bertz CT molecular complexity index is 489. The summed E-state index contributed by atoms with van der Waals surface area (Å²) in [7, 11) is 4.04. The van der Waals surface area contributed by atoms with E-state index in [1.54, 1.807) is 0 Å². The van der Waals surface area contributed by atoms with E-state index in [0.717, 1.165) is 16.7 Å². The van der Waals surface area contributed by atoms with Gasteiger partial charge in [0, 0.05) is 19.8 Å². The van der Waals surface area contributed by atoms with Gasteiger partial charge in [-0.25, -0.2) is 0 Å². The number of aliphatic hydroxyl groups is 1. The van der Waals surface area contributed by atoms with Crippen LogP contribution in [-0.4, -0.2) is 19.2 Å². The Morgan fingerprint density at radius 1 is 1.12 bits per heavy atom. The molecule has 0 atom stereocenters. The van der Waals surface area contributed by atoms with E-state index in [2.05, 4.69) is 35.2 Å². The van der Waals surface area contributed by atoms with Crippen molar-refractivity contribution in [2.24, 2.45) is 0 Å². The van der Waals surface area contributed by atoms with Crippen LogP contribution < -0.4 is 4.90 Å². The van der Waals surface area contributed by atoms with Gasteiger partial charge in [0.15, 0.2) is 0 Å². The van der Waals surface area contributed by atoms with Crippen molar-refractivity contribution in [2.45, 2.75) is 6.61 Å². The molecule has 0 saturated carbocycles. The molecule has 2 aromatic rings. The van der Waals surface area contributed by atoms with Crippen LogP contribution in [0.3, 0.4) is 0 Å². The van der Waals surface area contributed by atoms with Crippen LogP contribution in [0.2, 0.25) is 0 Å². The van der Waals surface area contributed by atoms with E-state index in [4.69, 9.17) is 5.11 Å². The Balaban J connectivity index is 2.32. The third-order valence-corrected chi connectivity index (χ3v) is 2.74. The largest absolute Gasteiger partial charge is 0.392 e. The first kappa shape index (κ1) is 11.7. The smallest absolute Gasteiger partial charge is 0.0682 e. The molecule has 2 heteroatoms. The monoisotopic (exact) mass is 226 g/mol. The summed E-state index contributed by atoms with van der Waals surface area (Å²) in [5.74, 6) is 0. The van der Waals surface area contributed by atoms with E-state index < -0.39 is 0 Å². The number of hydrogen-bond donors (Lipinski definition) is 1.